The Hall–Kier alpha value is -3.65. The minimum absolute atomic E-state index is 0.203. The van der Waals surface area contributed by atoms with E-state index in [4.69, 9.17) is 23.7 Å². The molecule has 0 bridgehead atoms. The largest absolute Gasteiger partial charge is 0.493 e. The lowest BCUT2D eigenvalue weighted by Gasteiger charge is -2.14. The number of sulfone groups is 1. The zero-order chi connectivity index (χ0) is 25.6. The second kappa shape index (κ2) is 11.2. The Morgan fingerprint density at radius 3 is 1.74 bits per heavy atom. The maximum absolute atomic E-state index is 13.2. The van der Waals surface area contributed by atoms with E-state index in [0.717, 1.165) is 11.1 Å². The maximum atomic E-state index is 13.2. The van der Waals surface area contributed by atoms with Gasteiger partial charge in [-0.25, -0.2) is 8.42 Å². The molecule has 0 saturated heterocycles. The van der Waals surface area contributed by atoms with Crippen LogP contribution in [0.3, 0.4) is 0 Å². The van der Waals surface area contributed by atoms with Gasteiger partial charge in [0.05, 0.1) is 46.2 Å². The van der Waals surface area contributed by atoms with Crippen molar-refractivity contribution in [3.63, 3.8) is 0 Å². The quantitative estimate of drug-likeness (QED) is 0.356. The van der Waals surface area contributed by atoms with E-state index in [1.807, 2.05) is 19.1 Å². The van der Waals surface area contributed by atoms with Gasteiger partial charge in [-0.05, 0) is 60.0 Å². The van der Waals surface area contributed by atoms with Gasteiger partial charge < -0.3 is 23.7 Å². The summed E-state index contributed by atoms with van der Waals surface area (Å²) in [6.07, 6.45) is 3.66. The predicted octanol–water partition coefficient (Wildman–Crippen LogP) is 5.18. The summed E-state index contributed by atoms with van der Waals surface area (Å²) in [5, 5.41) is 0. The Kier molecular flexibility index (Phi) is 8.30. The van der Waals surface area contributed by atoms with Crippen LogP contribution >= 0.6 is 0 Å². The van der Waals surface area contributed by atoms with E-state index in [0.29, 0.717) is 39.9 Å². The molecule has 0 heterocycles. The standard InChI is InChI=1S/C27H30O7S/c1-18-7-11-22(12-8-18)35(28,29)17-21-16-24(31-3)23(30-2)15-20(21)10-9-19-13-25(32-4)27(34-6)26(14-19)33-5/h7-16H,17H2,1-6H3/b10-9-. The molecule has 7 nitrogen and oxygen atoms in total. The van der Waals surface area contributed by atoms with Crippen molar-refractivity contribution in [1.82, 2.24) is 0 Å². The fourth-order valence-electron chi connectivity index (χ4n) is 3.63. The average molecular weight is 499 g/mol. The molecule has 0 N–H and O–H groups in total. The highest BCUT2D eigenvalue weighted by atomic mass is 32.2. The summed E-state index contributed by atoms with van der Waals surface area (Å²) >= 11 is 0. The molecule has 0 aliphatic heterocycles. The molecule has 0 saturated carbocycles. The molecule has 35 heavy (non-hydrogen) atoms. The number of hydrogen-bond acceptors (Lipinski definition) is 7. The van der Waals surface area contributed by atoms with Crippen LogP contribution in [0.2, 0.25) is 0 Å². The van der Waals surface area contributed by atoms with Gasteiger partial charge in [-0.3, -0.25) is 0 Å². The fraction of sp³-hybridized carbons (Fsp3) is 0.259. The van der Waals surface area contributed by atoms with Crippen LogP contribution < -0.4 is 23.7 Å². The first-order chi connectivity index (χ1) is 16.8. The molecule has 0 aliphatic carbocycles. The first-order valence-corrected chi connectivity index (χ1v) is 12.4. The van der Waals surface area contributed by atoms with Crippen LogP contribution in [0.4, 0.5) is 0 Å². The van der Waals surface area contributed by atoms with Crippen LogP contribution in [0.5, 0.6) is 28.7 Å². The third kappa shape index (κ3) is 5.89. The van der Waals surface area contributed by atoms with E-state index < -0.39 is 9.84 Å². The highest BCUT2D eigenvalue weighted by molar-refractivity contribution is 7.90. The summed E-state index contributed by atoms with van der Waals surface area (Å²) < 4.78 is 53.5. The molecule has 3 rings (SSSR count). The van der Waals surface area contributed by atoms with Crippen molar-refractivity contribution in [2.24, 2.45) is 0 Å². The molecule has 0 unspecified atom stereocenters. The van der Waals surface area contributed by atoms with Gasteiger partial charge in [-0.1, -0.05) is 29.8 Å². The van der Waals surface area contributed by atoms with Gasteiger partial charge >= 0.3 is 0 Å². The van der Waals surface area contributed by atoms with Gasteiger partial charge in [0.15, 0.2) is 32.8 Å². The van der Waals surface area contributed by atoms with Crippen LogP contribution in [0.1, 0.15) is 22.3 Å². The Morgan fingerprint density at radius 2 is 1.23 bits per heavy atom. The minimum Gasteiger partial charge on any atom is -0.493 e. The molecule has 0 atom stereocenters. The monoisotopic (exact) mass is 498 g/mol. The van der Waals surface area contributed by atoms with Gasteiger partial charge in [0.2, 0.25) is 5.75 Å². The minimum atomic E-state index is -3.60. The van der Waals surface area contributed by atoms with Crippen LogP contribution in [0.25, 0.3) is 12.2 Å². The molecule has 0 spiro atoms. The van der Waals surface area contributed by atoms with Gasteiger partial charge in [-0.2, -0.15) is 0 Å². The summed E-state index contributed by atoms with van der Waals surface area (Å²) in [5.74, 6) is 2.26. The maximum Gasteiger partial charge on any atom is 0.203 e. The molecule has 0 amide bonds. The van der Waals surface area contributed by atoms with Gasteiger partial charge in [-0.15, -0.1) is 0 Å². The summed E-state index contributed by atoms with van der Waals surface area (Å²) in [7, 11) is 4.09. The Balaban J connectivity index is 2.08. The van der Waals surface area contributed by atoms with E-state index in [1.54, 1.807) is 69.9 Å². The van der Waals surface area contributed by atoms with E-state index in [2.05, 4.69) is 0 Å². The van der Waals surface area contributed by atoms with Crippen molar-refractivity contribution in [3.8, 4) is 28.7 Å². The smallest absolute Gasteiger partial charge is 0.203 e. The van der Waals surface area contributed by atoms with E-state index in [-0.39, 0.29) is 10.6 Å². The molecule has 0 aliphatic rings. The van der Waals surface area contributed by atoms with Crippen molar-refractivity contribution in [3.05, 3.63) is 70.8 Å². The molecular weight excluding hydrogens is 468 g/mol. The third-order valence-corrected chi connectivity index (χ3v) is 7.19. The second-order valence-corrected chi connectivity index (χ2v) is 9.76. The summed E-state index contributed by atoms with van der Waals surface area (Å²) in [5.41, 5.74) is 3.02. The van der Waals surface area contributed by atoms with Crippen molar-refractivity contribution in [2.75, 3.05) is 35.5 Å². The molecule has 0 fully saturated rings. The fourth-order valence-corrected chi connectivity index (χ4v) is 5.01. The molecule has 0 radical (unpaired) electrons. The topological polar surface area (TPSA) is 80.3 Å². The Labute approximate surface area is 206 Å². The van der Waals surface area contributed by atoms with Crippen LogP contribution in [0, 0.1) is 6.92 Å². The lowest BCUT2D eigenvalue weighted by atomic mass is 10.1. The number of hydrogen-bond donors (Lipinski definition) is 0. The average Bonchev–Trinajstić information content (AvgIpc) is 2.86. The van der Waals surface area contributed by atoms with E-state index in [1.165, 1.54) is 14.2 Å². The summed E-state index contributed by atoms with van der Waals surface area (Å²) in [6, 6.07) is 13.9. The first-order valence-electron chi connectivity index (χ1n) is 10.8. The van der Waals surface area contributed by atoms with Crippen molar-refractivity contribution < 1.29 is 32.1 Å². The van der Waals surface area contributed by atoms with Gasteiger partial charge in [0, 0.05) is 0 Å². The lowest BCUT2D eigenvalue weighted by molar-refractivity contribution is 0.324. The highest BCUT2D eigenvalue weighted by Crippen LogP contribution is 2.39. The summed E-state index contributed by atoms with van der Waals surface area (Å²) in [6.45, 7) is 1.91. The van der Waals surface area contributed by atoms with Crippen molar-refractivity contribution in [2.45, 2.75) is 17.6 Å². The Bertz CT molecular complexity index is 1290. The molecule has 3 aromatic carbocycles. The van der Waals surface area contributed by atoms with Crippen LogP contribution in [0.15, 0.2) is 53.4 Å². The number of methoxy groups -OCH3 is 5. The highest BCUT2D eigenvalue weighted by Gasteiger charge is 2.19. The molecular formula is C27H30O7S. The summed E-state index contributed by atoms with van der Waals surface area (Å²) in [4.78, 5) is 0.262. The first kappa shape index (κ1) is 26.0. The molecule has 186 valence electrons. The lowest BCUT2D eigenvalue weighted by Crippen LogP contribution is -2.07. The zero-order valence-corrected chi connectivity index (χ0v) is 21.6. The van der Waals surface area contributed by atoms with E-state index >= 15 is 0 Å². The van der Waals surface area contributed by atoms with Gasteiger partial charge in [0.25, 0.3) is 0 Å². The molecule has 0 aromatic heterocycles. The Morgan fingerprint density at radius 1 is 0.686 bits per heavy atom. The molecule has 8 heteroatoms. The van der Waals surface area contributed by atoms with Crippen molar-refractivity contribution >= 4 is 22.0 Å². The number of rotatable bonds is 10. The van der Waals surface area contributed by atoms with Crippen LogP contribution in [-0.4, -0.2) is 44.0 Å². The molecule has 3 aromatic rings. The predicted molar refractivity (Wildman–Crippen MR) is 137 cm³/mol. The number of ether oxygens (including phenoxy) is 5. The van der Waals surface area contributed by atoms with E-state index in [9.17, 15) is 8.42 Å². The number of aryl methyl sites for hydroxylation is 1. The normalized spacial score (nSPS) is 11.4. The van der Waals surface area contributed by atoms with Crippen molar-refractivity contribution in [1.29, 1.82) is 0 Å². The zero-order valence-electron chi connectivity index (χ0n) is 20.7. The van der Waals surface area contributed by atoms with Crippen LogP contribution in [-0.2, 0) is 15.6 Å². The second-order valence-electron chi connectivity index (χ2n) is 7.77. The third-order valence-electron chi connectivity index (χ3n) is 5.51. The SMILES string of the molecule is COc1cc(/C=C\c2cc(OC)c(OC)c(OC)c2)c(CS(=O)(=O)c2ccc(C)cc2)cc1OC. The number of benzene rings is 3. The van der Waals surface area contributed by atoms with Gasteiger partial charge in [0.1, 0.15) is 0 Å².